The van der Waals surface area contributed by atoms with Gasteiger partial charge >= 0.3 is 0 Å². The molecule has 2 atom stereocenters. The zero-order valence-corrected chi connectivity index (χ0v) is 12.5. The van der Waals surface area contributed by atoms with Crippen LogP contribution in [0.1, 0.15) is 13.8 Å². The van der Waals surface area contributed by atoms with Crippen LogP contribution in [-0.4, -0.2) is 41.0 Å². The van der Waals surface area contributed by atoms with E-state index in [0.717, 1.165) is 4.47 Å². The SMILES string of the molecule is CC(Oc1ccc(Br)cc1)C(=O)NCC(C)(O)CO. The molecule has 0 spiro atoms. The zero-order valence-electron chi connectivity index (χ0n) is 10.9. The van der Waals surface area contributed by atoms with Crippen molar-refractivity contribution in [1.29, 1.82) is 0 Å². The minimum atomic E-state index is -1.33. The van der Waals surface area contributed by atoms with E-state index in [9.17, 15) is 9.90 Å². The lowest BCUT2D eigenvalue weighted by atomic mass is 10.1. The Labute approximate surface area is 120 Å². The maximum atomic E-state index is 11.7. The number of carbonyl (C=O) groups is 1. The fraction of sp³-hybridized carbons (Fsp3) is 0.462. The molecule has 0 aliphatic heterocycles. The minimum absolute atomic E-state index is 0.0314. The maximum Gasteiger partial charge on any atom is 0.260 e. The Morgan fingerprint density at radius 3 is 2.58 bits per heavy atom. The van der Waals surface area contributed by atoms with Gasteiger partial charge in [0, 0.05) is 11.0 Å². The lowest BCUT2D eigenvalue weighted by Crippen LogP contribution is -2.46. The molecule has 1 rings (SSSR count). The minimum Gasteiger partial charge on any atom is -0.481 e. The van der Waals surface area contributed by atoms with Crippen LogP contribution in [0.25, 0.3) is 0 Å². The molecule has 0 saturated carbocycles. The summed E-state index contributed by atoms with van der Waals surface area (Å²) in [6.45, 7) is 2.60. The van der Waals surface area contributed by atoms with Crippen LogP contribution in [0.4, 0.5) is 0 Å². The van der Waals surface area contributed by atoms with E-state index < -0.39 is 18.3 Å². The highest BCUT2D eigenvalue weighted by atomic mass is 79.9. The van der Waals surface area contributed by atoms with Crippen molar-refractivity contribution in [3.05, 3.63) is 28.7 Å². The van der Waals surface area contributed by atoms with Gasteiger partial charge in [0.2, 0.25) is 0 Å². The van der Waals surface area contributed by atoms with E-state index in [-0.39, 0.29) is 12.5 Å². The number of benzene rings is 1. The van der Waals surface area contributed by atoms with E-state index in [1.165, 1.54) is 6.92 Å². The molecule has 1 aromatic carbocycles. The second-order valence-corrected chi connectivity index (χ2v) is 5.50. The second kappa shape index (κ2) is 6.88. The monoisotopic (exact) mass is 331 g/mol. The Kier molecular flexibility index (Phi) is 5.78. The number of nitrogens with one attached hydrogen (secondary N) is 1. The lowest BCUT2D eigenvalue weighted by Gasteiger charge is -2.22. The van der Waals surface area contributed by atoms with Gasteiger partial charge in [0.25, 0.3) is 5.91 Å². The van der Waals surface area contributed by atoms with Gasteiger partial charge in [-0.1, -0.05) is 15.9 Å². The number of rotatable bonds is 6. The van der Waals surface area contributed by atoms with E-state index in [1.54, 1.807) is 19.1 Å². The number of aliphatic hydroxyl groups excluding tert-OH is 1. The predicted molar refractivity (Wildman–Crippen MR) is 75.0 cm³/mol. The van der Waals surface area contributed by atoms with E-state index >= 15 is 0 Å². The summed E-state index contributed by atoms with van der Waals surface area (Å²) in [5, 5.41) is 21.0. The normalized spacial score (nSPS) is 15.4. The second-order valence-electron chi connectivity index (χ2n) is 4.59. The molecule has 1 amide bonds. The number of aliphatic hydroxyl groups is 2. The van der Waals surface area contributed by atoms with Gasteiger partial charge in [0.05, 0.1) is 6.61 Å². The third-order valence-corrected chi connectivity index (χ3v) is 3.01. The van der Waals surface area contributed by atoms with Crippen LogP contribution in [0, 0.1) is 0 Å². The van der Waals surface area contributed by atoms with Gasteiger partial charge in [-0.15, -0.1) is 0 Å². The number of hydrogen-bond acceptors (Lipinski definition) is 4. The number of carbonyl (C=O) groups excluding carboxylic acids is 1. The van der Waals surface area contributed by atoms with Crippen molar-refractivity contribution < 1.29 is 19.7 Å². The molecule has 0 radical (unpaired) electrons. The molecule has 0 aromatic heterocycles. The summed E-state index contributed by atoms with van der Waals surface area (Å²) >= 11 is 3.31. The molecule has 2 unspecified atom stereocenters. The van der Waals surface area contributed by atoms with Gasteiger partial charge in [-0.05, 0) is 38.1 Å². The largest absolute Gasteiger partial charge is 0.481 e. The summed E-state index contributed by atoms with van der Waals surface area (Å²) in [6, 6.07) is 7.13. The van der Waals surface area contributed by atoms with Crippen molar-refractivity contribution in [1.82, 2.24) is 5.32 Å². The maximum absolute atomic E-state index is 11.7. The van der Waals surface area contributed by atoms with Crippen LogP contribution >= 0.6 is 15.9 Å². The summed E-state index contributed by atoms with van der Waals surface area (Å²) in [7, 11) is 0. The molecule has 0 aliphatic rings. The summed E-state index contributed by atoms with van der Waals surface area (Å²) in [5.41, 5.74) is -1.33. The molecular formula is C13H18BrNO4. The van der Waals surface area contributed by atoms with Gasteiger partial charge in [0.15, 0.2) is 6.10 Å². The van der Waals surface area contributed by atoms with E-state index in [2.05, 4.69) is 21.2 Å². The summed E-state index contributed by atoms with van der Waals surface area (Å²) in [6.07, 6.45) is -0.685. The summed E-state index contributed by atoms with van der Waals surface area (Å²) in [5.74, 6) is 0.233. The molecule has 0 fully saturated rings. The first-order chi connectivity index (χ1) is 8.84. The molecule has 0 bridgehead atoms. The highest BCUT2D eigenvalue weighted by Crippen LogP contribution is 2.17. The number of halogens is 1. The van der Waals surface area contributed by atoms with Gasteiger partial charge < -0.3 is 20.3 Å². The molecule has 106 valence electrons. The van der Waals surface area contributed by atoms with Gasteiger partial charge in [-0.2, -0.15) is 0 Å². The number of amides is 1. The lowest BCUT2D eigenvalue weighted by molar-refractivity contribution is -0.128. The Balaban J connectivity index is 2.47. The Bertz CT molecular complexity index is 419. The van der Waals surface area contributed by atoms with Crippen LogP contribution in [0.5, 0.6) is 5.75 Å². The third-order valence-electron chi connectivity index (χ3n) is 2.48. The van der Waals surface area contributed by atoms with Crippen LogP contribution in [-0.2, 0) is 4.79 Å². The van der Waals surface area contributed by atoms with Gasteiger partial charge in [0.1, 0.15) is 11.4 Å². The van der Waals surface area contributed by atoms with Crippen molar-refractivity contribution >= 4 is 21.8 Å². The van der Waals surface area contributed by atoms with Crippen molar-refractivity contribution in [2.24, 2.45) is 0 Å². The number of ether oxygens (including phenoxy) is 1. The first-order valence-electron chi connectivity index (χ1n) is 5.87. The molecule has 6 heteroatoms. The number of hydrogen-bond donors (Lipinski definition) is 3. The Morgan fingerprint density at radius 1 is 1.47 bits per heavy atom. The topological polar surface area (TPSA) is 78.8 Å². The van der Waals surface area contributed by atoms with E-state index in [0.29, 0.717) is 5.75 Å². The highest BCUT2D eigenvalue weighted by Gasteiger charge is 2.22. The first kappa shape index (κ1) is 15.9. The van der Waals surface area contributed by atoms with E-state index in [4.69, 9.17) is 9.84 Å². The van der Waals surface area contributed by atoms with Crippen LogP contribution in [0.3, 0.4) is 0 Å². The summed E-state index contributed by atoms with van der Waals surface area (Å²) < 4.78 is 6.38. The van der Waals surface area contributed by atoms with Crippen LogP contribution in [0.2, 0.25) is 0 Å². The summed E-state index contributed by atoms with van der Waals surface area (Å²) in [4.78, 5) is 11.7. The molecule has 5 nitrogen and oxygen atoms in total. The third kappa shape index (κ3) is 5.59. The Hall–Kier alpha value is -1.11. The molecule has 19 heavy (non-hydrogen) atoms. The first-order valence-corrected chi connectivity index (χ1v) is 6.66. The zero-order chi connectivity index (χ0) is 14.5. The average molecular weight is 332 g/mol. The molecule has 0 saturated heterocycles. The predicted octanol–water partition coefficient (Wildman–Crippen LogP) is 1.08. The van der Waals surface area contributed by atoms with Gasteiger partial charge in [-0.3, -0.25) is 4.79 Å². The molecule has 3 N–H and O–H groups in total. The molecule has 0 aliphatic carbocycles. The fourth-order valence-corrected chi connectivity index (χ4v) is 1.51. The Morgan fingerprint density at radius 2 is 2.05 bits per heavy atom. The fourth-order valence-electron chi connectivity index (χ4n) is 1.25. The highest BCUT2D eigenvalue weighted by molar-refractivity contribution is 9.10. The average Bonchev–Trinajstić information content (AvgIpc) is 2.38. The van der Waals surface area contributed by atoms with E-state index in [1.807, 2.05) is 12.1 Å². The van der Waals surface area contributed by atoms with Crippen molar-refractivity contribution in [3.8, 4) is 5.75 Å². The van der Waals surface area contributed by atoms with Crippen LogP contribution in [0.15, 0.2) is 28.7 Å². The smallest absolute Gasteiger partial charge is 0.260 e. The van der Waals surface area contributed by atoms with Crippen molar-refractivity contribution in [2.45, 2.75) is 25.6 Å². The standard InChI is InChI=1S/C13H18BrNO4/c1-9(12(17)15-7-13(2,18)8-16)19-11-5-3-10(14)4-6-11/h3-6,9,16,18H,7-8H2,1-2H3,(H,15,17). The van der Waals surface area contributed by atoms with Crippen LogP contribution < -0.4 is 10.1 Å². The van der Waals surface area contributed by atoms with Crippen molar-refractivity contribution in [3.63, 3.8) is 0 Å². The molecule has 1 aromatic rings. The quantitative estimate of drug-likeness (QED) is 0.728. The molecule has 0 heterocycles. The molecular weight excluding hydrogens is 314 g/mol. The van der Waals surface area contributed by atoms with Crippen molar-refractivity contribution in [2.75, 3.05) is 13.2 Å². The van der Waals surface area contributed by atoms with Gasteiger partial charge in [-0.25, -0.2) is 0 Å².